The Balaban J connectivity index is 1.94. The topological polar surface area (TPSA) is 84.7 Å². The van der Waals surface area contributed by atoms with Crippen molar-refractivity contribution < 1.29 is 18.9 Å². The molecule has 3 rings (SSSR count). The summed E-state index contributed by atoms with van der Waals surface area (Å²) in [5, 5.41) is 0.457. The molecular weight excluding hydrogens is 502 g/mol. The first-order valence-corrected chi connectivity index (χ1v) is 20.1. The van der Waals surface area contributed by atoms with E-state index in [4.69, 9.17) is 18.9 Å². The molecule has 0 amide bonds. The Hall–Kier alpha value is -2.38. The van der Waals surface area contributed by atoms with Gasteiger partial charge in [0.25, 0.3) is 5.56 Å². The van der Waals surface area contributed by atoms with Gasteiger partial charge in [0.1, 0.15) is 24.3 Å². The first-order valence-electron chi connectivity index (χ1n) is 12.7. The highest BCUT2D eigenvalue weighted by Gasteiger charge is 2.17. The van der Waals surface area contributed by atoms with Gasteiger partial charge in [-0.25, -0.2) is 4.98 Å². The van der Waals surface area contributed by atoms with Crippen LogP contribution < -0.4 is 10.3 Å². The molecule has 0 unspecified atom stereocenters. The molecule has 2 heterocycles. The molecule has 0 saturated heterocycles. The molecule has 1 aromatic carbocycles. The Morgan fingerprint density at radius 3 is 2.32 bits per heavy atom. The highest BCUT2D eigenvalue weighted by atomic mass is 28.3. The third kappa shape index (κ3) is 8.85. The van der Waals surface area contributed by atoms with Gasteiger partial charge in [-0.05, 0) is 35.9 Å². The van der Waals surface area contributed by atoms with Crippen molar-refractivity contribution in [2.75, 3.05) is 27.1 Å². The largest absolute Gasteiger partial charge is 0.465 e. The molecule has 0 aliphatic rings. The molecular formula is C27H41N3O5Si2. The van der Waals surface area contributed by atoms with Crippen molar-refractivity contribution >= 4 is 27.1 Å². The Morgan fingerprint density at radius 1 is 0.946 bits per heavy atom. The van der Waals surface area contributed by atoms with Crippen LogP contribution in [0.2, 0.25) is 51.4 Å². The molecule has 0 bridgehead atoms. The van der Waals surface area contributed by atoms with E-state index in [1.54, 1.807) is 13.3 Å². The van der Waals surface area contributed by atoms with E-state index in [0.29, 0.717) is 36.5 Å². The van der Waals surface area contributed by atoms with E-state index in [0.717, 1.165) is 28.9 Å². The number of benzene rings is 1. The number of hydrogen-bond donors (Lipinski definition) is 0. The number of rotatable bonds is 14. The molecule has 0 fully saturated rings. The summed E-state index contributed by atoms with van der Waals surface area (Å²) < 4.78 is 24.5. The van der Waals surface area contributed by atoms with Gasteiger partial charge in [0.15, 0.2) is 6.79 Å². The second kappa shape index (κ2) is 12.9. The SMILES string of the molecule is COCc1ncccc1-c1cc(OCOCC[Si](C)(C)C)c2ncn(COCC[Si](C)(C)C)c(=O)c2c1. The fraction of sp³-hybridized carbons (Fsp3) is 0.519. The van der Waals surface area contributed by atoms with Gasteiger partial charge >= 0.3 is 0 Å². The molecule has 0 spiro atoms. The van der Waals surface area contributed by atoms with Crippen LogP contribution in [0.4, 0.5) is 0 Å². The lowest BCUT2D eigenvalue weighted by molar-refractivity contribution is 0.0228. The molecule has 0 aliphatic heterocycles. The summed E-state index contributed by atoms with van der Waals surface area (Å²) in [4.78, 5) is 22.5. The van der Waals surface area contributed by atoms with Gasteiger partial charge in [-0.1, -0.05) is 45.3 Å². The summed E-state index contributed by atoms with van der Waals surface area (Å²) in [5.41, 5.74) is 2.78. The van der Waals surface area contributed by atoms with Crippen molar-refractivity contribution in [1.82, 2.24) is 14.5 Å². The number of nitrogens with zero attached hydrogens (tertiary/aromatic N) is 3. The quantitative estimate of drug-likeness (QED) is 0.148. The Kier molecular flexibility index (Phi) is 10.2. The number of hydrogen-bond acceptors (Lipinski definition) is 7. The average molecular weight is 544 g/mol. The number of methoxy groups -OCH3 is 1. The van der Waals surface area contributed by atoms with Crippen LogP contribution >= 0.6 is 0 Å². The van der Waals surface area contributed by atoms with Crippen LogP contribution in [0.3, 0.4) is 0 Å². The van der Waals surface area contributed by atoms with Gasteiger partial charge in [-0.2, -0.15) is 0 Å². The van der Waals surface area contributed by atoms with E-state index in [-0.39, 0.29) is 19.1 Å². The first kappa shape index (κ1) is 29.2. The second-order valence-corrected chi connectivity index (χ2v) is 22.9. The van der Waals surface area contributed by atoms with Crippen molar-refractivity contribution in [1.29, 1.82) is 0 Å². The molecule has 0 N–H and O–H groups in total. The van der Waals surface area contributed by atoms with Crippen molar-refractivity contribution in [3.63, 3.8) is 0 Å². The molecule has 202 valence electrons. The number of aromatic nitrogens is 3. The van der Waals surface area contributed by atoms with E-state index in [1.807, 2.05) is 24.3 Å². The second-order valence-electron chi connectivity index (χ2n) is 11.6. The zero-order valence-corrected chi connectivity index (χ0v) is 25.3. The standard InChI is InChI=1S/C27H41N3O5Si2/c1-32-17-24-22(9-8-10-28-24)21-15-23-26(25(16-21)35-20-34-12-14-37(5,6)7)29-18-30(27(23)31)19-33-11-13-36(2,3)4/h8-10,15-16,18H,11-14,17,19-20H2,1-7H3. The molecule has 0 atom stereocenters. The number of fused-ring (bicyclic) bond motifs is 1. The van der Waals surface area contributed by atoms with E-state index in [1.165, 1.54) is 10.9 Å². The fourth-order valence-electron chi connectivity index (χ4n) is 3.63. The predicted molar refractivity (Wildman–Crippen MR) is 154 cm³/mol. The van der Waals surface area contributed by atoms with Crippen LogP contribution in [0.5, 0.6) is 5.75 Å². The van der Waals surface area contributed by atoms with E-state index in [9.17, 15) is 4.79 Å². The summed E-state index contributed by atoms with van der Waals surface area (Å²) in [7, 11) is -0.784. The van der Waals surface area contributed by atoms with Gasteiger partial charge < -0.3 is 18.9 Å². The highest BCUT2D eigenvalue weighted by Crippen LogP contribution is 2.31. The molecule has 37 heavy (non-hydrogen) atoms. The van der Waals surface area contributed by atoms with E-state index >= 15 is 0 Å². The lowest BCUT2D eigenvalue weighted by atomic mass is 10.0. The van der Waals surface area contributed by atoms with Crippen molar-refractivity contribution in [3.8, 4) is 16.9 Å². The zero-order chi connectivity index (χ0) is 27.1. The molecule has 8 nitrogen and oxygen atoms in total. The number of pyridine rings is 1. The third-order valence-corrected chi connectivity index (χ3v) is 9.30. The maximum absolute atomic E-state index is 13.5. The predicted octanol–water partition coefficient (Wildman–Crippen LogP) is 5.61. The van der Waals surface area contributed by atoms with Crippen LogP contribution in [0.15, 0.2) is 41.6 Å². The van der Waals surface area contributed by atoms with Gasteiger partial charge in [-0.3, -0.25) is 14.3 Å². The Labute approximate surface area is 222 Å². The fourth-order valence-corrected chi connectivity index (χ4v) is 5.15. The monoisotopic (exact) mass is 543 g/mol. The summed E-state index contributed by atoms with van der Waals surface area (Å²) >= 11 is 0. The Bertz CT molecular complexity index is 1240. The minimum Gasteiger partial charge on any atom is -0.465 e. The molecule has 10 heteroatoms. The third-order valence-electron chi connectivity index (χ3n) is 5.90. The molecule has 2 aromatic heterocycles. The van der Waals surface area contributed by atoms with Gasteiger partial charge in [0.2, 0.25) is 0 Å². The van der Waals surface area contributed by atoms with Crippen molar-refractivity contribution in [2.24, 2.45) is 0 Å². The summed E-state index contributed by atoms with van der Waals surface area (Å²) in [6.45, 7) is 15.7. The lowest BCUT2D eigenvalue weighted by Crippen LogP contribution is -2.25. The van der Waals surface area contributed by atoms with Crippen molar-refractivity contribution in [2.45, 2.75) is 64.7 Å². The Morgan fingerprint density at radius 2 is 1.65 bits per heavy atom. The highest BCUT2D eigenvalue weighted by molar-refractivity contribution is 6.76. The van der Waals surface area contributed by atoms with Crippen LogP contribution in [-0.4, -0.2) is 57.8 Å². The van der Waals surface area contributed by atoms with Crippen LogP contribution in [0.25, 0.3) is 22.0 Å². The molecule has 3 aromatic rings. The van der Waals surface area contributed by atoms with Crippen molar-refractivity contribution in [3.05, 3.63) is 52.8 Å². The normalized spacial score (nSPS) is 12.3. The van der Waals surface area contributed by atoms with Crippen LogP contribution in [0, 0.1) is 0 Å². The summed E-state index contributed by atoms with van der Waals surface area (Å²) in [6.07, 6.45) is 3.26. The minimum absolute atomic E-state index is 0.0889. The minimum atomic E-state index is -1.22. The molecule has 0 aliphatic carbocycles. The molecule has 0 radical (unpaired) electrons. The van der Waals surface area contributed by atoms with Gasteiger partial charge in [0, 0.05) is 48.2 Å². The smallest absolute Gasteiger partial charge is 0.263 e. The van der Waals surface area contributed by atoms with E-state index < -0.39 is 16.1 Å². The summed E-state index contributed by atoms with van der Waals surface area (Å²) in [6, 6.07) is 9.65. The lowest BCUT2D eigenvalue weighted by Gasteiger charge is -2.17. The summed E-state index contributed by atoms with van der Waals surface area (Å²) in [5.74, 6) is 0.497. The maximum Gasteiger partial charge on any atom is 0.263 e. The molecule has 0 saturated carbocycles. The van der Waals surface area contributed by atoms with Gasteiger partial charge in [-0.15, -0.1) is 0 Å². The van der Waals surface area contributed by atoms with E-state index in [2.05, 4.69) is 49.3 Å². The van der Waals surface area contributed by atoms with Crippen LogP contribution in [0.1, 0.15) is 5.69 Å². The first-order chi connectivity index (χ1) is 17.5. The van der Waals surface area contributed by atoms with Crippen LogP contribution in [-0.2, 0) is 27.5 Å². The number of ether oxygens (including phenoxy) is 4. The van der Waals surface area contributed by atoms with Gasteiger partial charge in [0.05, 0.1) is 17.7 Å². The maximum atomic E-state index is 13.5. The average Bonchev–Trinajstić information content (AvgIpc) is 2.82. The zero-order valence-electron chi connectivity index (χ0n) is 23.3.